The van der Waals surface area contributed by atoms with Gasteiger partial charge in [0.05, 0.1) is 12.2 Å². The molecule has 0 amide bonds. The van der Waals surface area contributed by atoms with Gasteiger partial charge < -0.3 is 15.2 Å². The lowest BCUT2D eigenvalue weighted by atomic mass is 10.1. The van der Waals surface area contributed by atoms with Gasteiger partial charge in [0, 0.05) is 19.7 Å². The number of halogens is 1. The molecule has 1 heterocycles. The van der Waals surface area contributed by atoms with Gasteiger partial charge in [-0.2, -0.15) is 0 Å². The lowest BCUT2D eigenvalue weighted by Gasteiger charge is -2.10. The molecule has 0 aliphatic rings. The second kappa shape index (κ2) is 11.0. The van der Waals surface area contributed by atoms with Gasteiger partial charge in [0.25, 0.3) is 0 Å². The Hall–Kier alpha value is -1.57. The molecule has 0 unspecified atom stereocenters. The Morgan fingerprint density at radius 3 is 2.65 bits per heavy atom. The number of guanidine groups is 1. The van der Waals surface area contributed by atoms with Crippen LogP contribution in [0.25, 0.3) is 0 Å². The van der Waals surface area contributed by atoms with E-state index >= 15 is 0 Å². The van der Waals surface area contributed by atoms with E-state index in [0.29, 0.717) is 6.54 Å². The number of nitrogens with one attached hydrogen (secondary N) is 2. The highest BCUT2D eigenvalue weighted by molar-refractivity contribution is 14.0. The van der Waals surface area contributed by atoms with E-state index in [9.17, 15) is 0 Å². The first-order chi connectivity index (χ1) is 10.8. The zero-order valence-electron chi connectivity index (χ0n) is 13.7. The Morgan fingerprint density at radius 1 is 1.22 bits per heavy atom. The van der Waals surface area contributed by atoms with E-state index in [1.807, 2.05) is 12.1 Å². The molecule has 0 bridgehead atoms. The predicted octanol–water partition coefficient (Wildman–Crippen LogP) is 3.15. The van der Waals surface area contributed by atoms with Gasteiger partial charge in [0.1, 0.15) is 0 Å². The molecule has 1 aromatic heterocycles. The molecule has 6 heteroatoms. The molecular formula is C17H25IN4O. The Bertz CT molecular complexity index is 583. The van der Waals surface area contributed by atoms with Gasteiger partial charge in [-0.15, -0.1) is 24.0 Å². The van der Waals surface area contributed by atoms with Crippen molar-refractivity contribution in [1.82, 2.24) is 15.8 Å². The molecular weight excluding hydrogens is 403 g/mol. The average Bonchev–Trinajstić information content (AvgIpc) is 3.03. The van der Waals surface area contributed by atoms with Crippen molar-refractivity contribution in [1.29, 1.82) is 0 Å². The summed E-state index contributed by atoms with van der Waals surface area (Å²) in [4.78, 5) is 4.21. The van der Waals surface area contributed by atoms with Crippen molar-refractivity contribution in [3.05, 3.63) is 53.4 Å². The number of hydrogen-bond acceptors (Lipinski definition) is 3. The number of nitrogens with zero attached hydrogens (tertiary/aromatic N) is 2. The van der Waals surface area contributed by atoms with Crippen LogP contribution < -0.4 is 10.6 Å². The van der Waals surface area contributed by atoms with Crippen molar-refractivity contribution in [2.75, 3.05) is 13.6 Å². The minimum absolute atomic E-state index is 0. The molecule has 0 atom stereocenters. The molecule has 23 heavy (non-hydrogen) atoms. The second-order valence-corrected chi connectivity index (χ2v) is 5.08. The van der Waals surface area contributed by atoms with Crippen LogP contribution in [0.4, 0.5) is 0 Å². The molecule has 0 saturated carbocycles. The molecule has 0 radical (unpaired) electrons. The van der Waals surface area contributed by atoms with Crippen LogP contribution in [0.3, 0.4) is 0 Å². The Morgan fingerprint density at radius 2 is 2.00 bits per heavy atom. The quantitative estimate of drug-likeness (QED) is 0.308. The first-order valence-corrected chi connectivity index (χ1v) is 7.74. The number of aryl methyl sites for hydroxylation is 2. The fraction of sp³-hybridized carbons (Fsp3) is 0.412. The summed E-state index contributed by atoms with van der Waals surface area (Å²) in [6.07, 6.45) is 3.01. The molecule has 126 valence electrons. The normalized spacial score (nSPS) is 11.0. The number of rotatable bonds is 7. The van der Waals surface area contributed by atoms with Crippen molar-refractivity contribution in [2.45, 2.75) is 32.7 Å². The van der Waals surface area contributed by atoms with Gasteiger partial charge in [0.2, 0.25) is 0 Å². The van der Waals surface area contributed by atoms with Crippen molar-refractivity contribution >= 4 is 29.9 Å². The molecule has 0 saturated heterocycles. The summed E-state index contributed by atoms with van der Waals surface area (Å²) < 4.78 is 5.24. The maximum atomic E-state index is 5.24. The zero-order chi connectivity index (χ0) is 15.6. The summed E-state index contributed by atoms with van der Waals surface area (Å²) >= 11 is 0. The fourth-order valence-corrected chi connectivity index (χ4v) is 2.14. The number of aliphatic imine (C=N–C) groups is 1. The highest BCUT2D eigenvalue weighted by atomic mass is 127. The Labute approximate surface area is 155 Å². The van der Waals surface area contributed by atoms with Crippen molar-refractivity contribution in [3.8, 4) is 0 Å². The summed E-state index contributed by atoms with van der Waals surface area (Å²) in [5.41, 5.74) is 2.34. The van der Waals surface area contributed by atoms with E-state index in [1.54, 1.807) is 7.05 Å². The lowest BCUT2D eigenvalue weighted by Crippen LogP contribution is -2.37. The van der Waals surface area contributed by atoms with E-state index in [4.69, 9.17) is 4.52 Å². The van der Waals surface area contributed by atoms with Crippen LogP contribution in [-0.4, -0.2) is 24.7 Å². The van der Waals surface area contributed by atoms with E-state index in [1.165, 1.54) is 5.56 Å². The summed E-state index contributed by atoms with van der Waals surface area (Å²) in [7, 11) is 1.77. The summed E-state index contributed by atoms with van der Waals surface area (Å²) in [6, 6.07) is 12.5. The molecule has 1 aromatic carbocycles. The monoisotopic (exact) mass is 428 g/mol. The van der Waals surface area contributed by atoms with Crippen molar-refractivity contribution in [3.63, 3.8) is 0 Å². The number of hydrogen-bond donors (Lipinski definition) is 2. The van der Waals surface area contributed by atoms with Gasteiger partial charge >= 0.3 is 0 Å². The molecule has 0 aliphatic carbocycles. The van der Waals surface area contributed by atoms with Crippen molar-refractivity contribution < 1.29 is 4.52 Å². The van der Waals surface area contributed by atoms with Crippen molar-refractivity contribution in [2.24, 2.45) is 4.99 Å². The summed E-state index contributed by atoms with van der Waals surface area (Å²) in [6.45, 7) is 3.53. The van der Waals surface area contributed by atoms with Crippen LogP contribution in [0, 0.1) is 0 Å². The van der Waals surface area contributed by atoms with E-state index < -0.39 is 0 Å². The van der Waals surface area contributed by atoms with E-state index in [-0.39, 0.29) is 24.0 Å². The number of benzene rings is 1. The molecule has 0 spiro atoms. The second-order valence-electron chi connectivity index (χ2n) is 5.08. The van der Waals surface area contributed by atoms with Crippen LogP contribution >= 0.6 is 24.0 Å². The molecule has 5 nitrogen and oxygen atoms in total. The van der Waals surface area contributed by atoms with Gasteiger partial charge in [-0.1, -0.05) is 42.4 Å². The summed E-state index contributed by atoms with van der Waals surface area (Å²) in [5, 5.41) is 10.5. The third-order valence-electron chi connectivity index (χ3n) is 3.40. The molecule has 2 aromatic rings. The summed E-state index contributed by atoms with van der Waals surface area (Å²) in [5.74, 6) is 1.60. The minimum Gasteiger partial charge on any atom is -0.359 e. The predicted molar refractivity (Wildman–Crippen MR) is 104 cm³/mol. The van der Waals surface area contributed by atoms with Gasteiger partial charge in [-0.25, -0.2) is 0 Å². The lowest BCUT2D eigenvalue weighted by molar-refractivity contribution is 0.374. The molecule has 0 aliphatic heterocycles. The smallest absolute Gasteiger partial charge is 0.191 e. The molecule has 2 N–H and O–H groups in total. The third kappa shape index (κ3) is 7.02. The van der Waals surface area contributed by atoms with Crippen LogP contribution in [0.5, 0.6) is 0 Å². The maximum Gasteiger partial charge on any atom is 0.191 e. The SMILES string of the molecule is CCc1cc(CNC(=NC)NCCCc2ccccc2)on1.I. The average molecular weight is 428 g/mol. The third-order valence-corrected chi connectivity index (χ3v) is 3.40. The highest BCUT2D eigenvalue weighted by Gasteiger charge is 2.03. The topological polar surface area (TPSA) is 62.5 Å². The Kier molecular flexibility index (Phi) is 9.35. The highest BCUT2D eigenvalue weighted by Crippen LogP contribution is 2.03. The van der Waals surface area contributed by atoms with Crippen LogP contribution in [0.15, 0.2) is 45.9 Å². The first-order valence-electron chi connectivity index (χ1n) is 7.74. The Balaban J connectivity index is 0.00000264. The van der Waals surface area contributed by atoms with Crippen LogP contribution in [-0.2, 0) is 19.4 Å². The van der Waals surface area contributed by atoms with Gasteiger partial charge in [-0.3, -0.25) is 4.99 Å². The fourth-order valence-electron chi connectivity index (χ4n) is 2.14. The standard InChI is InChI=1S/C17H24N4O.HI/c1-3-15-12-16(22-21-15)13-20-17(18-2)19-11-7-10-14-8-5-4-6-9-14;/h4-6,8-9,12H,3,7,10-11,13H2,1-2H3,(H2,18,19,20);1H. The van der Waals surface area contributed by atoms with Crippen LogP contribution in [0.1, 0.15) is 30.4 Å². The minimum atomic E-state index is 0. The largest absolute Gasteiger partial charge is 0.359 e. The van der Waals surface area contributed by atoms with Gasteiger partial charge in [0.15, 0.2) is 11.7 Å². The molecule has 0 fully saturated rings. The van der Waals surface area contributed by atoms with E-state index in [2.05, 4.69) is 52.0 Å². The zero-order valence-corrected chi connectivity index (χ0v) is 16.0. The maximum absolute atomic E-state index is 5.24. The number of aromatic nitrogens is 1. The van der Waals surface area contributed by atoms with Crippen LogP contribution in [0.2, 0.25) is 0 Å². The van der Waals surface area contributed by atoms with E-state index in [0.717, 1.165) is 43.2 Å². The van der Waals surface area contributed by atoms with Gasteiger partial charge in [-0.05, 0) is 24.8 Å². The first kappa shape index (κ1) is 19.5. The molecule has 2 rings (SSSR count).